The van der Waals surface area contributed by atoms with Crippen LogP contribution >= 0.6 is 0 Å². The minimum absolute atomic E-state index is 0.146. The summed E-state index contributed by atoms with van der Waals surface area (Å²) >= 11 is 0. The van der Waals surface area contributed by atoms with E-state index in [1.807, 2.05) is 37.3 Å². The topological polar surface area (TPSA) is 123 Å². The number of nitrogens with one attached hydrogen (secondary N) is 1. The first-order chi connectivity index (χ1) is 18.8. The highest BCUT2D eigenvalue weighted by Crippen LogP contribution is 2.74. The van der Waals surface area contributed by atoms with Crippen molar-refractivity contribution in [2.45, 2.75) is 51.4 Å². The molecule has 3 aromatic rings. The molecule has 208 valence electrons. The van der Waals surface area contributed by atoms with Crippen LogP contribution in [-0.2, 0) is 14.3 Å². The highest BCUT2D eigenvalue weighted by atomic mass is 16.5. The van der Waals surface area contributed by atoms with E-state index in [0.717, 1.165) is 54.5 Å². The van der Waals surface area contributed by atoms with E-state index in [4.69, 9.17) is 20.2 Å². The van der Waals surface area contributed by atoms with Gasteiger partial charge in [-0.2, -0.15) is 0 Å². The number of carbonyl (C=O) groups is 2. The number of piperidine rings is 1. The molecule has 2 atom stereocenters. The van der Waals surface area contributed by atoms with Gasteiger partial charge in [-0.05, 0) is 63.4 Å². The van der Waals surface area contributed by atoms with Crippen LogP contribution in [0, 0.1) is 10.8 Å². The Morgan fingerprint density at radius 1 is 1.23 bits per heavy atom. The molecule has 9 nitrogen and oxygen atoms in total. The Morgan fingerprint density at radius 2 is 2.00 bits per heavy atom. The van der Waals surface area contributed by atoms with Crippen molar-refractivity contribution in [3.63, 3.8) is 0 Å². The normalized spacial score (nSPS) is 21.2. The van der Waals surface area contributed by atoms with Crippen molar-refractivity contribution >= 4 is 22.6 Å². The summed E-state index contributed by atoms with van der Waals surface area (Å²) < 4.78 is 11.8. The maximum atomic E-state index is 13.2. The predicted molar refractivity (Wildman–Crippen MR) is 149 cm³/mol. The summed E-state index contributed by atoms with van der Waals surface area (Å²) in [7, 11) is 3.72. The van der Waals surface area contributed by atoms with Crippen LogP contribution in [0.3, 0.4) is 0 Å². The molecule has 39 heavy (non-hydrogen) atoms. The third kappa shape index (κ3) is 5.05. The van der Waals surface area contributed by atoms with Gasteiger partial charge in [-0.1, -0.05) is 25.1 Å². The first-order valence-electron chi connectivity index (χ1n) is 13.9. The first-order valence-corrected chi connectivity index (χ1v) is 13.9. The van der Waals surface area contributed by atoms with Crippen molar-refractivity contribution in [3.8, 4) is 17.1 Å². The average molecular weight is 534 g/mol. The molecule has 3 heterocycles. The summed E-state index contributed by atoms with van der Waals surface area (Å²) in [6, 6.07) is 9.92. The van der Waals surface area contributed by atoms with Gasteiger partial charge in [-0.25, -0.2) is 9.97 Å². The number of ether oxygens (including phenoxy) is 2. The van der Waals surface area contributed by atoms with Crippen LogP contribution in [0.5, 0.6) is 5.88 Å². The van der Waals surface area contributed by atoms with Crippen LogP contribution in [0.25, 0.3) is 22.2 Å². The van der Waals surface area contributed by atoms with Gasteiger partial charge in [0.1, 0.15) is 11.6 Å². The van der Waals surface area contributed by atoms with Crippen molar-refractivity contribution in [2.24, 2.45) is 16.6 Å². The third-order valence-corrected chi connectivity index (χ3v) is 8.94. The van der Waals surface area contributed by atoms with Crippen molar-refractivity contribution in [1.29, 1.82) is 0 Å². The Bertz CT molecular complexity index is 1350. The van der Waals surface area contributed by atoms with Crippen LogP contribution in [0.15, 0.2) is 36.5 Å². The highest BCUT2D eigenvalue weighted by molar-refractivity contribution is 5.87. The Balaban J connectivity index is 1.46. The minimum atomic E-state index is -0.728. The molecular formula is C30H39N5O4. The van der Waals surface area contributed by atoms with E-state index in [2.05, 4.69) is 21.9 Å². The molecule has 9 heteroatoms. The number of pyridine rings is 1. The zero-order valence-electron chi connectivity index (χ0n) is 23.2. The number of rotatable bonds is 12. The van der Waals surface area contributed by atoms with E-state index in [1.54, 1.807) is 13.3 Å². The van der Waals surface area contributed by atoms with Gasteiger partial charge in [-0.3, -0.25) is 9.59 Å². The van der Waals surface area contributed by atoms with Crippen molar-refractivity contribution in [1.82, 2.24) is 19.9 Å². The lowest BCUT2D eigenvalue weighted by atomic mass is 9.76. The second-order valence-electron chi connectivity index (χ2n) is 11.1. The van der Waals surface area contributed by atoms with Crippen LogP contribution in [0.4, 0.5) is 0 Å². The number of ketones is 1. The van der Waals surface area contributed by atoms with Gasteiger partial charge in [0.05, 0.1) is 48.0 Å². The fraction of sp³-hybridized carbons (Fsp3) is 0.533. The first kappa shape index (κ1) is 27.3. The van der Waals surface area contributed by atoms with E-state index >= 15 is 0 Å². The molecule has 1 amide bonds. The van der Waals surface area contributed by atoms with Crippen LogP contribution in [-0.4, -0.2) is 72.0 Å². The quantitative estimate of drug-likeness (QED) is 0.336. The maximum Gasteiger partial charge on any atom is 0.225 e. The number of aromatic nitrogens is 3. The molecule has 5 rings (SSSR count). The number of aromatic amines is 1. The fourth-order valence-corrected chi connectivity index (χ4v) is 6.47. The number of nitrogens with zero attached hydrogens (tertiary/aromatic N) is 3. The minimum Gasteiger partial charge on any atom is -0.480 e. The molecule has 1 spiro atoms. The number of methoxy groups -OCH3 is 1. The average Bonchev–Trinajstić information content (AvgIpc) is 3.33. The monoisotopic (exact) mass is 533 g/mol. The SMILES string of the molecule is CCC(=O)CCCOC[C@@H](c1ncc(-c2cc3ccccc3nc2OC)[nH]1)C1(C(N)=O)CC12CCN(C)CC2. The van der Waals surface area contributed by atoms with Crippen LogP contribution < -0.4 is 10.5 Å². The lowest BCUT2D eigenvalue weighted by Gasteiger charge is -2.35. The standard InChI is InChI=1S/C30H39N5O4/c1-4-21(36)9-7-15-39-18-23(30(28(31)37)19-29(30)11-13-35(2)14-12-29)26-32-17-25(33-26)22-16-20-8-5-6-10-24(20)34-27(22)38-3/h5-6,8,10,16-17,23H,4,7,9,11-15,18-19H2,1-3H3,(H2,31,37)(H,32,33)/t23-,30?/m0/s1. The molecule has 1 unspecified atom stereocenters. The number of carbonyl (C=O) groups excluding carboxylic acids is 2. The lowest BCUT2D eigenvalue weighted by Crippen LogP contribution is -2.42. The second kappa shape index (κ2) is 11.1. The number of hydrogen-bond acceptors (Lipinski definition) is 7. The number of nitrogens with two attached hydrogens (primary N) is 1. The number of para-hydroxylation sites is 1. The number of hydrogen-bond donors (Lipinski definition) is 2. The molecule has 1 aromatic carbocycles. The summed E-state index contributed by atoms with van der Waals surface area (Å²) in [6.07, 6.45) is 6.04. The van der Waals surface area contributed by atoms with Gasteiger partial charge >= 0.3 is 0 Å². The zero-order chi connectivity index (χ0) is 27.6. The molecule has 1 saturated heterocycles. The van der Waals surface area contributed by atoms with E-state index in [0.29, 0.717) is 44.2 Å². The number of fused-ring (bicyclic) bond motifs is 1. The largest absolute Gasteiger partial charge is 0.480 e. The number of Topliss-reactive ketones (excluding diaryl/α,β-unsaturated/α-hetero) is 1. The zero-order valence-corrected chi connectivity index (χ0v) is 23.2. The molecule has 0 bridgehead atoms. The van der Waals surface area contributed by atoms with Crippen molar-refractivity contribution in [2.75, 3.05) is 40.5 Å². The van der Waals surface area contributed by atoms with E-state index in [1.165, 1.54) is 0 Å². The summed E-state index contributed by atoms with van der Waals surface area (Å²) in [4.78, 5) is 40.2. The van der Waals surface area contributed by atoms with E-state index in [-0.39, 0.29) is 23.0 Å². The molecule has 1 aliphatic heterocycles. The molecule has 2 fully saturated rings. The van der Waals surface area contributed by atoms with Gasteiger partial charge < -0.3 is 25.1 Å². The molecular weight excluding hydrogens is 494 g/mol. The predicted octanol–water partition coefficient (Wildman–Crippen LogP) is 4.08. The van der Waals surface area contributed by atoms with Crippen LogP contribution in [0.2, 0.25) is 0 Å². The van der Waals surface area contributed by atoms with Gasteiger partial charge in [-0.15, -0.1) is 0 Å². The molecule has 0 radical (unpaired) electrons. The summed E-state index contributed by atoms with van der Waals surface area (Å²) in [5.74, 6) is 0.794. The molecule has 1 saturated carbocycles. The van der Waals surface area contributed by atoms with Gasteiger partial charge in [0, 0.05) is 24.8 Å². The number of H-pyrrole nitrogens is 1. The third-order valence-electron chi connectivity index (χ3n) is 8.94. The highest BCUT2D eigenvalue weighted by Gasteiger charge is 2.74. The summed E-state index contributed by atoms with van der Waals surface area (Å²) in [5.41, 5.74) is 7.73. The summed E-state index contributed by atoms with van der Waals surface area (Å²) in [5, 5.41) is 0.993. The van der Waals surface area contributed by atoms with Gasteiger partial charge in [0.2, 0.25) is 11.8 Å². The second-order valence-corrected chi connectivity index (χ2v) is 11.1. The number of amides is 1. The summed E-state index contributed by atoms with van der Waals surface area (Å²) in [6.45, 7) is 4.50. The smallest absolute Gasteiger partial charge is 0.225 e. The van der Waals surface area contributed by atoms with Gasteiger partial charge in [0.15, 0.2) is 0 Å². The Hall–Kier alpha value is -3.30. The Kier molecular flexibility index (Phi) is 7.73. The number of primary amides is 1. The Labute approximate surface area is 229 Å². The van der Waals surface area contributed by atoms with Crippen molar-refractivity contribution in [3.05, 3.63) is 42.4 Å². The molecule has 3 N–H and O–H groups in total. The van der Waals surface area contributed by atoms with Crippen molar-refractivity contribution < 1.29 is 19.1 Å². The van der Waals surface area contributed by atoms with E-state index in [9.17, 15) is 9.59 Å². The number of imidazole rings is 1. The Morgan fingerprint density at radius 3 is 2.72 bits per heavy atom. The lowest BCUT2D eigenvalue weighted by molar-refractivity contribution is -0.127. The van der Waals surface area contributed by atoms with Crippen LogP contribution in [0.1, 0.15) is 57.2 Å². The maximum absolute atomic E-state index is 13.2. The van der Waals surface area contributed by atoms with Gasteiger partial charge in [0.25, 0.3) is 0 Å². The molecule has 1 aliphatic carbocycles. The fourth-order valence-electron chi connectivity index (χ4n) is 6.47. The van der Waals surface area contributed by atoms with E-state index < -0.39 is 5.41 Å². The molecule has 2 aliphatic rings. The number of benzene rings is 1. The number of likely N-dealkylation sites (tertiary alicyclic amines) is 1. The molecule has 2 aromatic heterocycles.